The Bertz CT molecular complexity index is 169. The lowest BCUT2D eigenvalue weighted by molar-refractivity contribution is 0.0146. The maximum absolute atomic E-state index is 5.25. The molecular formula is C12H26N2O. The zero-order valence-electron chi connectivity index (χ0n) is 10.6. The summed E-state index contributed by atoms with van der Waals surface area (Å²) in [5, 5.41) is 3.69. The van der Waals surface area contributed by atoms with E-state index in [1.165, 1.54) is 32.4 Å². The molecule has 1 unspecified atom stereocenters. The molecule has 2 aliphatic rings. The number of nitrogens with one attached hydrogen (secondary N) is 1. The van der Waals surface area contributed by atoms with E-state index >= 15 is 0 Å². The highest BCUT2D eigenvalue weighted by atomic mass is 16.5. The fourth-order valence-corrected chi connectivity index (χ4v) is 2.30. The number of hydrogen-bond donors (Lipinski definition) is 1. The second kappa shape index (κ2) is 6.46. The molecule has 0 aromatic carbocycles. The van der Waals surface area contributed by atoms with Crippen molar-refractivity contribution < 1.29 is 4.74 Å². The maximum atomic E-state index is 5.25. The van der Waals surface area contributed by atoms with Gasteiger partial charge in [-0.25, -0.2) is 0 Å². The van der Waals surface area contributed by atoms with Gasteiger partial charge >= 0.3 is 0 Å². The lowest BCUT2D eigenvalue weighted by Crippen LogP contribution is -2.49. The van der Waals surface area contributed by atoms with Crippen molar-refractivity contribution in [3.05, 3.63) is 0 Å². The van der Waals surface area contributed by atoms with Gasteiger partial charge in [0.2, 0.25) is 0 Å². The molecule has 0 aromatic rings. The first-order chi connectivity index (χ1) is 7.28. The molecule has 0 radical (unpaired) electrons. The lowest BCUT2D eigenvalue weighted by Gasteiger charge is -2.36. The van der Waals surface area contributed by atoms with Gasteiger partial charge in [0, 0.05) is 25.7 Å². The minimum absolute atomic E-state index is 0.525. The second-order valence-electron chi connectivity index (χ2n) is 4.44. The minimum atomic E-state index is 0.525. The van der Waals surface area contributed by atoms with Gasteiger partial charge in [-0.15, -0.1) is 0 Å². The molecule has 0 aromatic heterocycles. The van der Waals surface area contributed by atoms with Crippen LogP contribution in [0, 0.1) is 0 Å². The van der Waals surface area contributed by atoms with Crippen LogP contribution in [0.4, 0.5) is 0 Å². The number of methoxy groups -OCH3 is 1. The molecular weight excluding hydrogens is 188 g/mol. The molecule has 1 saturated carbocycles. The minimum Gasteiger partial charge on any atom is -0.381 e. The highest BCUT2D eigenvalue weighted by Gasteiger charge is 2.31. The van der Waals surface area contributed by atoms with E-state index in [1.807, 2.05) is 21.0 Å². The van der Waals surface area contributed by atoms with E-state index in [1.54, 1.807) is 0 Å². The second-order valence-corrected chi connectivity index (χ2v) is 4.44. The van der Waals surface area contributed by atoms with Gasteiger partial charge in [-0.1, -0.05) is 13.8 Å². The van der Waals surface area contributed by atoms with Crippen LogP contribution in [-0.4, -0.2) is 50.3 Å². The molecule has 15 heavy (non-hydrogen) atoms. The van der Waals surface area contributed by atoms with E-state index in [2.05, 4.69) is 17.3 Å². The smallest absolute Gasteiger partial charge is 0.0601 e. The van der Waals surface area contributed by atoms with Crippen LogP contribution in [0.25, 0.3) is 0 Å². The summed E-state index contributed by atoms with van der Waals surface area (Å²) >= 11 is 0. The monoisotopic (exact) mass is 214 g/mol. The van der Waals surface area contributed by atoms with Gasteiger partial charge in [-0.3, -0.25) is 0 Å². The largest absolute Gasteiger partial charge is 0.381 e. The van der Waals surface area contributed by atoms with Crippen molar-refractivity contribution in [2.75, 3.05) is 27.2 Å². The third-order valence-corrected chi connectivity index (χ3v) is 3.29. The predicted octanol–water partition coefficient (Wildman–Crippen LogP) is 1.48. The first-order valence-electron chi connectivity index (χ1n) is 6.25. The van der Waals surface area contributed by atoms with Crippen molar-refractivity contribution in [2.45, 2.75) is 51.3 Å². The number of likely N-dealkylation sites (N-methyl/N-ethyl adjacent to an activating group) is 1. The maximum Gasteiger partial charge on any atom is 0.0601 e. The van der Waals surface area contributed by atoms with Crippen LogP contribution in [0.1, 0.15) is 33.1 Å². The molecule has 1 aliphatic carbocycles. The summed E-state index contributed by atoms with van der Waals surface area (Å²) in [7, 11) is 4.00. The number of nitrogens with zero attached hydrogens (tertiary/aromatic N) is 1. The van der Waals surface area contributed by atoms with Gasteiger partial charge < -0.3 is 15.0 Å². The van der Waals surface area contributed by atoms with E-state index in [9.17, 15) is 0 Å². The Kier molecular flexibility index (Phi) is 5.58. The first-order valence-corrected chi connectivity index (χ1v) is 6.25. The normalized spacial score (nSPS) is 35.6. The van der Waals surface area contributed by atoms with E-state index < -0.39 is 0 Å². The number of likely N-dealkylation sites (tertiary alicyclic amines) is 1. The molecule has 3 nitrogen and oxygen atoms in total. The highest BCUT2D eigenvalue weighted by Crippen LogP contribution is 2.23. The third kappa shape index (κ3) is 3.74. The highest BCUT2D eigenvalue weighted by molar-refractivity contribution is 4.90. The molecule has 0 bridgehead atoms. The summed E-state index contributed by atoms with van der Waals surface area (Å²) in [4.78, 5) is 2.39. The van der Waals surface area contributed by atoms with Crippen molar-refractivity contribution in [3.63, 3.8) is 0 Å². The third-order valence-electron chi connectivity index (χ3n) is 3.29. The van der Waals surface area contributed by atoms with Crippen LogP contribution in [-0.2, 0) is 4.74 Å². The van der Waals surface area contributed by atoms with Crippen LogP contribution in [0.5, 0.6) is 0 Å². The Morgan fingerprint density at radius 1 is 1.20 bits per heavy atom. The van der Waals surface area contributed by atoms with Gasteiger partial charge in [-0.2, -0.15) is 0 Å². The SMILES string of the molecule is CC.COC1CC(NC2CCN(C)C2)C1. The van der Waals surface area contributed by atoms with Crippen LogP contribution in [0.15, 0.2) is 0 Å². The molecule has 1 N–H and O–H groups in total. The van der Waals surface area contributed by atoms with Crippen LogP contribution in [0.3, 0.4) is 0 Å². The molecule has 1 atom stereocenters. The van der Waals surface area contributed by atoms with E-state index in [0.717, 1.165) is 12.1 Å². The van der Waals surface area contributed by atoms with Crippen molar-refractivity contribution in [1.29, 1.82) is 0 Å². The van der Waals surface area contributed by atoms with Crippen LogP contribution in [0.2, 0.25) is 0 Å². The van der Waals surface area contributed by atoms with Crippen molar-refractivity contribution in [1.82, 2.24) is 10.2 Å². The Morgan fingerprint density at radius 2 is 1.87 bits per heavy atom. The van der Waals surface area contributed by atoms with Crippen molar-refractivity contribution in [3.8, 4) is 0 Å². The van der Waals surface area contributed by atoms with Gasteiger partial charge in [0.05, 0.1) is 6.10 Å². The Morgan fingerprint density at radius 3 is 2.33 bits per heavy atom. The zero-order chi connectivity index (χ0) is 11.3. The van der Waals surface area contributed by atoms with E-state index in [4.69, 9.17) is 4.74 Å². The number of hydrogen-bond acceptors (Lipinski definition) is 3. The average Bonchev–Trinajstić information content (AvgIpc) is 2.60. The number of rotatable bonds is 3. The summed E-state index contributed by atoms with van der Waals surface area (Å²) in [5.74, 6) is 0. The summed E-state index contributed by atoms with van der Waals surface area (Å²) in [6.07, 6.45) is 4.24. The summed E-state index contributed by atoms with van der Waals surface area (Å²) in [5.41, 5.74) is 0. The molecule has 1 saturated heterocycles. The van der Waals surface area contributed by atoms with Crippen LogP contribution < -0.4 is 5.32 Å². The predicted molar refractivity (Wildman–Crippen MR) is 64.2 cm³/mol. The molecule has 0 spiro atoms. The lowest BCUT2D eigenvalue weighted by atomic mass is 9.88. The molecule has 2 fully saturated rings. The van der Waals surface area contributed by atoms with Gasteiger partial charge in [-0.05, 0) is 32.9 Å². The fraction of sp³-hybridized carbons (Fsp3) is 1.00. The summed E-state index contributed by atoms with van der Waals surface area (Å²) < 4.78 is 5.25. The molecule has 1 aliphatic heterocycles. The topological polar surface area (TPSA) is 24.5 Å². The summed E-state index contributed by atoms with van der Waals surface area (Å²) in [6, 6.07) is 1.45. The molecule has 3 heteroatoms. The molecule has 1 heterocycles. The Balaban J connectivity index is 0.000000531. The first kappa shape index (κ1) is 12.9. The summed E-state index contributed by atoms with van der Waals surface area (Å²) in [6.45, 7) is 6.46. The van der Waals surface area contributed by atoms with Crippen LogP contribution >= 0.6 is 0 Å². The molecule has 0 amide bonds. The Labute approximate surface area is 94.2 Å². The van der Waals surface area contributed by atoms with Gasteiger partial charge in [0.15, 0.2) is 0 Å². The Hall–Kier alpha value is -0.120. The molecule has 2 rings (SSSR count). The van der Waals surface area contributed by atoms with Gasteiger partial charge in [0.1, 0.15) is 0 Å². The van der Waals surface area contributed by atoms with E-state index in [0.29, 0.717) is 6.10 Å². The standard InChI is InChI=1S/C10H20N2O.C2H6/c1-12-4-3-8(7-12)11-9-5-10(6-9)13-2;1-2/h8-11H,3-7H2,1-2H3;1-2H3. The fourth-order valence-electron chi connectivity index (χ4n) is 2.30. The zero-order valence-corrected chi connectivity index (χ0v) is 10.6. The van der Waals surface area contributed by atoms with Gasteiger partial charge in [0.25, 0.3) is 0 Å². The molecule has 90 valence electrons. The van der Waals surface area contributed by atoms with E-state index in [-0.39, 0.29) is 0 Å². The van der Waals surface area contributed by atoms with Crippen molar-refractivity contribution in [2.24, 2.45) is 0 Å². The average molecular weight is 214 g/mol. The van der Waals surface area contributed by atoms with Crippen molar-refractivity contribution >= 4 is 0 Å². The number of ether oxygens (including phenoxy) is 1. The quantitative estimate of drug-likeness (QED) is 0.770.